The Bertz CT molecular complexity index is 891. The van der Waals surface area contributed by atoms with Crippen LogP contribution in [0, 0.1) is 5.92 Å². The van der Waals surface area contributed by atoms with Gasteiger partial charge in [-0.15, -0.1) is 0 Å². The van der Waals surface area contributed by atoms with Crippen molar-refractivity contribution in [3.63, 3.8) is 0 Å². The molecule has 2 aromatic rings. The first-order valence-corrected chi connectivity index (χ1v) is 10.5. The molecule has 146 valence electrons. The molecule has 1 aromatic heterocycles. The third kappa shape index (κ3) is 4.83. The topological polar surface area (TPSA) is 58.4 Å². The van der Waals surface area contributed by atoms with Gasteiger partial charge in [-0.1, -0.05) is 37.2 Å². The molecule has 0 aliphatic carbocycles. The molecule has 0 atom stereocenters. The van der Waals surface area contributed by atoms with Gasteiger partial charge < -0.3 is 9.80 Å². The highest BCUT2D eigenvalue weighted by molar-refractivity contribution is 7.99. The van der Waals surface area contributed by atoms with Crippen molar-refractivity contribution in [2.45, 2.75) is 25.5 Å². The highest BCUT2D eigenvalue weighted by atomic mass is 35.5. The molecule has 1 saturated heterocycles. The van der Waals surface area contributed by atoms with E-state index in [0.717, 1.165) is 26.2 Å². The number of fused-ring (bicyclic) bond motifs is 1. The van der Waals surface area contributed by atoms with Crippen LogP contribution in [-0.4, -0.2) is 64.2 Å². The summed E-state index contributed by atoms with van der Waals surface area (Å²) < 4.78 is 1.67. The number of carbonyl (C=O) groups excluding carboxylic acids is 1. The van der Waals surface area contributed by atoms with E-state index in [1.807, 2.05) is 4.90 Å². The van der Waals surface area contributed by atoms with Crippen molar-refractivity contribution < 1.29 is 4.79 Å². The second kappa shape index (κ2) is 8.63. The van der Waals surface area contributed by atoms with Crippen molar-refractivity contribution in [2.24, 2.45) is 5.92 Å². The number of likely N-dealkylation sites (N-methyl/N-ethyl adjacent to an activating group) is 1. The number of aromatic nitrogens is 2. The fourth-order valence-corrected chi connectivity index (χ4v) is 4.17. The summed E-state index contributed by atoms with van der Waals surface area (Å²) in [5.41, 5.74) is 0.504. The summed E-state index contributed by atoms with van der Waals surface area (Å²) in [6.07, 6.45) is 0. The minimum atomic E-state index is -0.106. The van der Waals surface area contributed by atoms with Gasteiger partial charge in [-0.25, -0.2) is 4.98 Å². The van der Waals surface area contributed by atoms with Crippen LogP contribution in [0.15, 0.2) is 28.2 Å². The average molecular weight is 409 g/mol. The predicted octanol–water partition coefficient (Wildman–Crippen LogP) is 2.57. The fraction of sp³-hybridized carbons (Fsp3) is 0.526. The number of halogens is 1. The highest BCUT2D eigenvalue weighted by Gasteiger charge is 2.20. The van der Waals surface area contributed by atoms with Crippen molar-refractivity contribution in [3.8, 4) is 0 Å². The van der Waals surface area contributed by atoms with Crippen molar-refractivity contribution in [1.29, 1.82) is 0 Å². The molecule has 0 saturated carbocycles. The summed E-state index contributed by atoms with van der Waals surface area (Å²) in [6, 6.07) is 5.14. The molecular formula is C19H25ClN4O2S. The van der Waals surface area contributed by atoms with E-state index in [1.165, 1.54) is 11.8 Å². The van der Waals surface area contributed by atoms with Crippen LogP contribution in [0.25, 0.3) is 10.9 Å². The first kappa shape index (κ1) is 20.2. The second-order valence-corrected chi connectivity index (χ2v) is 8.72. The zero-order valence-corrected chi connectivity index (χ0v) is 17.5. The van der Waals surface area contributed by atoms with Gasteiger partial charge in [0.15, 0.2) is 5.16 Å². The third-order valence-corrected chi connectivity index (χ3v) is 5.81. The largest absolute Gasteiger partial charge is 0.339 e. The molecule has 0 spiro atoms. The lowest BCUT2D eigenvalue weighted by atomic mass is 10.2. The minimum Gasteiger partial charge on any atom is -0.339 e. The summed E-state index contributed by atoms with van der Waals surface area (Å²) in [5.74, 6) is 0.663. The van der Waals surface area contributed by atoms with E-state index in [1.54, 1.807) is 22.8 Å². The molecule has 1 aliphatic heterocycles. The number of rotatable bonds is 5. The van der Waals surface area contributed by atoms with Crippen molar-refractivity contribution in [2.75, 3.05) is 39.0 Å². The number of thioether (sulfide) groups is 1. The van der Waals surface area contributed by atoms with Gasteiger partial charge in [0.05, 0.1) is 16.7 Å². The first-order chi connectivity index (χ1) is 12.8. The lowest BCUT2D eigenvalue weighted by Crippen LogP contribution is -2.47. The smallest absolute Gasteiger partial charge is 0.262 e. The van der Waals surface area contributed by atoms with E-state index in [4.69, 9.17) is 11.6 Å². The molecule has 3 rings (SSSR count). The summed E-state index contributed by atoms with van der Waals surface area (Å²) in [4.78, 5) is 34.3. The second-order valence-electron chi connectivity index (χ2n) is 7.34. The van der Waals surface area contributed by atoms with Gasteiger partial charge in [0.2, 0.25) is 5.91 Å². The number of amides is 1. The van der Waals surface area contributed by atoms with Crippen molar-refractivity contribution in [1.82, 2.24) is 19.4 Å². The van der Waals surface area contributed by atoms with Crippen molar-refractivity contribution >= 4 is 40.2 Å². The lowest BCUT2D eigenvalue weighted by Gasteiger charge is -2.32. The Balaban J connectivity index is 1.85. The number of hydrogen-bond donors (Lipinski definition) is 0. The van der Waals surface area contributed by atoms with E-state index in [0.29, 0.717) is 27.6 Å². The highest BCUT2D eigenvalue weighted by Crippen LogP contribution is 2.21. The van der Waals surface area contributed by atoms with Crippen LogP contribution < -0.4 is 5.56 Å². The van der Waals surface area contributed by atoms with Crippen LogP contribution in [0.3, 0.4) is 0 Å². The van der Waals surface area contributed by atoms with Crippen LogP contribution in [0.5, 0.6) is 0 Å². The van der Waals surface area contributed by atoms with Gasteiger partial charge >= 0.3 is 0 Å². The molecule has 1 aliphatic rings. The first-order valence-electron chi connectivity index (χ1n) is 9.14. The number of piperazine rings is 1. The molecule has 6 nitrogen and oxygen atoms in total. The molecule has 1 aromatic carbocycles. The van der Waals surface area contributed by atoms with Gasteiger partial charge in [0.25, 0.3) is 5.56 Å². The Morgan fingerprint density at radius 1 is 1.26 bits per heavy atom. The van der Waals surface area contributed by atoms with E-state index >= 15 is 0 Å². The zero-order chi connectivity index (χ0) is 19.6. The SMILES string of the molecule is CC(C)Cn1c(SCC(=O)N2CCN(C)CC2)nc2ccc(Cl)cc2c1=O. The molecule has 0 radical (unpaired) electrons. The maximum atomic E-state index is 13.0. The molecule has 8 heteroatoms. The molecule has 0 N–H and O–H groups in total. The van der Waals surface area contributed by atoms with Crippen LogP contribution in [0.4, 0.5) is 0 Å². The maximum absolute atomic E-state index is 13.0. The standard InChI is InChI=1S/C19H25ClN4O2S/c1-13(2)11-24-18(26)15-10-14(20)4-5-16(15)21-19(24)27-12-17(25)23-8-6-22(3)7-9-23/h4-5,10,13H,6-9,11-12H2,1-3H3. The molecule has 1 amide bonds. The molecular weight excluding hydrogens is 384 g/mol. The van der Waals surface area contributed by atoms with Crippen LogP contribution in [0.1, 0.15) is 13.8 Å². The predicted molar refractivity (Wildman–Crippen MR) is 111 cm³/mol. The molecule has 1 fully saturated rings. The Hall–Kier alpha value is -1.57. The molecule has 0 unspecified atom stereocenters. The van der Waals surface area contributed by atoms with Crippen LogP contribution in [-0.2, 0) is 11.3 Å². The Labute approximate surface area is 168 Å². The average Bonchev–Trinajstić information content (AvgIpc) is 2.63. The van der Waals surface area contributed by atoms with E-state index in [2.05, 4.69) is 30.8 Å². The quantitative estimate of drug-likeness (QED) is 0.562. The Morgan fingerprint density at radius 2 is 1.96 bits per heavy atom. The summed E-state index contributed by atoms with van der Waals surface area (Å²) >= 11 is 7.39. The summed E-state index contributed by atoms with van der Waals surface area (Å²) in [5, 5.41) is 1.62. The monoisotopic (exact) mass is 408 g/mol. The minimum absolute atomic E-state index is 0.0923. The van der Waals surface area contributed by atoms with E-state index in [9.17, 15) is 9.59 Å². The molecule has 2 heterocycles. The number of carbonyl (C=O) groups is 1. The number of nitrogens with zero attached hydrogens (tertiary/aromatic N) is 4. The lowest BCUT2D eigenvalue weighted by molar-refractivity contribution is -0.129. The summed E-state index contributed by atoms with van der Waals surface area (Å²) in [6.45, 7) is 7.94. The maximum Gasteiger partial charge on any atom is 0.262 e. The number of hydrogen-bond acceptors (Lipinski definition) is 5. The van der Waals surface area contributed by atoms with Crippen LogP contribution in [0.2, 0.25) is 5.02 Å². The Kier molecular flexibility index (Phi) is 6.44. The van der Waals surface area contributed by atoms with Gasteiger partial charge in [-0.2, -0.15) is 0 Å². The van der Waals surface area contributed by atoms with E-state index < -0.39 is 0 Å². The fourth-order valence-electron chi connectivity index (χ4n) is 3.08. The third-order valence-electron chi connectivity index (χ3n) is 4.61. The molecule has 27 heavy (non-hydrogen) atoms. The van der Waals surface area contributed by atoms with Crippen molar-refractivity contribution in [3.05, 3.63) is 33.6 Å². The normalized spacial score (nSPS) is 15.7. The zero-order valence-electron chi connectivity index (χ0n) is 15.9. The molecule has 0 bridgehead atoms. The van der Waals surface area contributed by atoms with Gasteiger partial charge in [-0.3, -0.25) is 14.2 Å². The number of benzene rings is 1. The van der Waals surface area contributed by atoms with E-state index in [-0.39, 0.29) is 23.1 Å². The van der Waals surface area contributed by atoms with Gasteiger partial charge in [-0.05, 0) is 31.2 Å². The Morgan fingerprint density at radius 3 is 2.63 bits per heavy atom. The van der Waals surface area contributed by atoms with Gasteiger partial charge in [0, 0.05) is 37.7 Å². The van der Waals surface area contributed by atoms with Gasteiger partial charge in [0.1, 0.15) is 0 Å². The summed E-state index contributed by atoms with van der Waals surface area (Å²) in [7, 11) is 2.06. The van der Waals surface area contributed by atoms with Crippen LogP contribution >= 0.6 is 23.4 Å².